The van der Waals surface area contributed by atoms with E-state index in [0.717, 1.165) is 28.5 Å². The lowest BCUT2D eigenvalue weighted by Gasteiger charge is -2.07. The van der Waals surface area contributed by atoms with Gasteiger partial charge in [-0.3, -0.25) is 14.6 Å². The molecule has 2 heterocycles. The quantitative estimate of drug-likeness (QED) is 0.624. The predicted octanol–water partition coefficient (Wildman–Crippen LogP) is 2.78. The summed E-state index contributed by atoms with van der Waals surface area (Å²) in [5.41, 5.74) is 2.09. The zero-order valence-corrected chi connectivity index (χ0v) is 15.4. The smallest absolute Gasteiger partial charge is 0.248 e. The number of carbonyl (C=O) groups is 2. The number of nitrogens with one attached hydrogen (secondary N) is 2. The van der Waals surface area contributed by atoms with E-state index in [4.69, 9.17) is 5.26 Å². The molecule has 9 heteroatoms. The van der Waals surface area contributed by atoms with Crippen LogP contribution < -0.4 is 10.6 Å². The Hall–Kier alpha value is -3.90. The zero-order valence-electron chi connectivity index (χ0n) is 14.5. The number of hydrogen-bond acceptors (Lipinski definition) is 7. The molecule has 0 aliphatic carbocycles. The van der Waals surface area contributed by atoms with E-state index >= 15 is 0 Å². The van der Waals surface area contributed by atoms with Crippen LogP contribution in [0.4, 0.5) is 10.9 Å². The normalized spacial score (nSPS) is 9.96. The number of amides is 2. The van der Waals surface area contributed by atoms with Crippen molar-refractivity contribution in [2.45, 2.75) is 6.42 Å². The minimum Gasteiger partial charge on any atom is -0.306 e. The van der Waals surface area contributed by atoms with Gasteiger partial charge in [-0.1, -0.05) is 36.1 Å². The largest absolute Gasteiger partial charge is 0.306 e. The average Bonchev–Trinajstić information content (AvgIpc) is 3.15. The second-order valence-electron chi connectivity index (χ2n) is 5.55. The SMILES string of the molecule is C=CC(=O)Nc1cncc(-c2cccc(CC(=O)Nc3ncc(C#N)s3)c2)n1. The Labute approximate surface area is 164 Å². The molecule has 0 saturated heterocycles. The highest BCUT2D eigenvalue weighted by molar-refractivity contribution is 7.16. The van der Waals surface area contributed by atoms with Gasteiger partial charge in [0.25, 0.3) is 0 Å². The molecule has 0 spiro atoms. The van der Waals surface area contributed by atoms with E-state index in [1.807, 2.05) is 30.3 Å². The van der Waals surface area contributed by atoms with Crippen molar-refractivity contribution in [1.82, 2.24) is 15.0 Å². The summed E-state index contributed by atoms with van der Waals surface area (Å²) in [6, 6.07) is 9.27. The van der Waals surface area contributed by atoms with Gasteiger partial charge in [0.15, 0.2) is 10.9 Å². The van der Waals surface area contributed by atoms with Crippen LogP contribution in [-0.4, -0.2) is 26.8 Å². The van der Waals surface area contributed by atoms with Gasteiger partial charge in [0.1, 0.15) is 10.9 Å². The number of rotatable bonds is 6. The molecule has 1 aromatic carbocycles. The highest BCUT2D eigenvalue weighted by Crippen LogP contribution is 2.20. The number of nitrogens with zero attached hydrogens (tertiary/aromatic N) is 4. The third-order valence-corrected chi connectivity index (χ3v) is 4.34. The molecule has 2 aromatic heterocycles. The first-order chi connectivity index (χ1) is 13.6. The lowest BCUT2D eigenvalue weighted by Crippen LogP contribution is -2.14. The van der Waals surface area contributed by atoms with E-state index in [9.17, 15) is 9.59 Å². The van der Waals surface area contributed by atoms with Crippen molar-refractivity contribution in [3.63, 3.8) is 0 Å². The predicted molar refractivity (Wildman–Crippen MR) is 105 cm³/mol. The first-order valence-corrected chi connectivity index (χ1v) is 8.89. The van der Waals surface area contributed by atoms with Crippen LogP contribution in [0.5, 0.6) is 0 Å². The Morgan fingerprint density at radius 3 is 2.86 bits per heavy atom. The summed E-state index contributed by atoms with van der Waals surface area (Å²) in [5, 5.41) is 14.4. The van der Waals surface area contributed by atoms with Gasteiger partial charge in [-0.2, -0.15) is 5.26 Å². The van der Waals surface area contributed by atoms with Crippen LogP contribution in [-0.2, 0) is 16.0 Å². The van der Waals surface area contributed by atoms with E-state index in [1.165, 1.54) is 12.4 Å². The van der Waals surface area contributed by atoms with Gasteiger partial charge >= 0.3 is 0 Å². The molecule has 0 aliphatic heterocycles. The Bertz CT molecular complexity index is 1090. The monoisotopic (exact) mass is 390 g/mol. The van der Waals surface area contributed by atoms with Gasteiger partial charge in [0.05, 0.1) is 30.7 Å². The molecule has 0 saturated carbocycles. The second-order valence-corrected chi connectivity index (χ2v) is 6.58. The van der Waals surface area contributed by atoms with Gasteiger partial charge in [-0.15, -0.1) is 0 Å². The molecular weight excluding hydrogens is 376 g/mol. The molecule has 0 aliphatic rings. The number of anilines is 2. The lowest BCUT2D eigenvalue weighted by molar-refractivity contribution is -0.115. The molecule has 3 aromatic rings. The van der Waals surface area contributed by atoms with Gasteiger partial charge in [0.2, 0.25) is 11.8 Å². The maximum Gasteiger partial charge on any atom is 0.248 e. The van der Waals surface area contributed by atoms with E-state index < -0.39 is 0 Å². The Morgan fingerprint density at radius 1 is 1.25 bits per heavy atom. The highest BCUT2D eigenvalue weighted by atomic mass is 32.1. The first-order valence-electron chi connectivity index (χ1n) is 8.08. The van der Waals surface area contributed by atoms with Crippen molar-refractivity contribution >= 4 is 34.1 Å². The molecule has 0 bridgehead atoms. The molecule has 0 fully saturated rings. The molecule has 0 atom stereocenters. The van der Waals surface area contributed by atoms with Crippen LogP contribution in [0, 0.1) is 11.3 Å². The van der Waals surface area contributed by atoms with E-state index in [0.29, 0.717) is 21.5 Å². The summed E-state index contributed by atoms with van der Waals surface area (Å²) >= 11 is 1.12. The summed E-state index contributed by atoms with van der Waals surface area (Å²) in [6.45, 7) is 3.39. The van der Waals surface area contributed by atoms with Crippen LogP contribution in [0.3, 0.4) is 0 Å². The summed E-state index contributed by atoms with van der Waals surface area (Å²) in [6.07, 6.45) is 5.70. The maximum atomic E-state index is 12.2. The minimum absolute atomic E-state index is 0.135. The molecule has 138 valence electrons. The number of hydrogen-bond donors (Lipinski definition) is 2. The van der Waals surface area contributed by atoms with E-state index in [1.54, 1.807) is 6.20 Å². The van der Waals surface area contributed by atoms with Crippen LogP contribution in [0.25, 0.3) is 11.3 Å². The zero-order chi connectivity index (χ0) is 19.9. The van der Waals surface area contributed by atoms with Crippen molar-refractivity contribution in [1.29, 1.82) is 5.26 Å². The van der Waals surface area contributed by atoms with Gasteiger partial charge in [-0.25, -0.2) is 9.97 Å². The molecule has 0 unspecified atom stereocenters. The van der Waals surface area contributed by atoms with Gasteiger partial charge in [0, 0.05) is 5.56 Å². The fourth-order valence-electron chi connectivity index (χ4n) is 2.32. The molecular formula is C19H14N6O2S. The van der Waals surface area contributed by atoms with Gasteiger partial charge in [-0.05, 0) is 17.7 Å². The number of thiazole rings is 1. The lowest BCUT2D eigenvalue weighted by atomic mass is 10.1. The van der Waals surface area contributed by atoms with Crippen LogP contribution in [0.1, 0.15) is 10.4 Å². The van der Waals surface area contributed by atoms with Crippen molar-refractivity contribution in [2.75, 3.05) is 10.6 Å². The molecule has 0 radical (unpaired) electrons. The van der Waals surface area contributed by atoms with Crippen molar-refractivity contribution < 1.29 is 9.59 Å². The third kappa shape index (κ3) is 4.84. The Kier molecular flexibility index (Phi) is 5.84. The van der Waals surface area contributed by atoms with E-state index in [-0.39, 0.29) is 18.2 Å². The van der Waals surface area contributed by atoms with Crippen LogP contribution in [0.2, 0.25) is 0 Å². The average molecular weight is 390 g/mol. The summed E-state index contributed by atoms with van der Waals surface area (Å²) in [5.74, 6) is -0.310. The molecule has 28 heavy (non-hydrogen) atoms. The fourth-order valence-corrected chi connectivity index (χ4v) is 2.95. The molecule has 8 nitrogen and oxygen atoms in total. The summed E-state index contributed by atoms with van der Waals surface area (Å²) in [7, 11) is 0. The number of aromatic nitrogens is 3. The Morgan fingerprint density at radius 2 is 2.11 bits per heavy atom. The van der Waals surface area contributed by atoms with E-state index in [2.05, 4.69) is 32.2 Å². The molecule has 3 rings (SSSR count). The van der Waals surface area contributed by atoms with Crippen molar-refractivity contribution in [3.8, 4) is 17.3 Å². The highest BCUT2D eigenvalue weighted by Gasteiger charge is 2.10. The topological polar surface area (TPSA) is 121 Å². The first kappa shape index (κ1) is 18.9. The minimum atomic E-state index is -0.376. The third-order valence-electron chi connectivity index (χ3n) is 3.52. The van der Waals surface area contributed by atoms with Gasteiger partial charge < -0.3 is 10.6 Å². The maximum absolute atomic E-state index is 12.2. The van der Waals surface area contributed by atoms with Crippen molar-refractivity contribution in [3.05, 3.63) is 66.0 Å². The molecule has 2 amide bonds. The number of benzene rings is 1. The number of nitriles is 1. The van der Waals surface area contributed by atoms with Crippen molar-refractivity contribution in [2.24, 2.45) is 0 Å². The standard InChI is InChI=1S/C19H14N6O2S/c1-2-17(26)24-16-11-21-10-15(23-16)13-5-3-4-12(6-13)7-18(27)25-19-22-9-14(8-20)28-19/h2-6,9-11H,1,7H2,(H,22,25,27)(H,23,24,26). The Balaban J connectivity index is 1.72. The van der Waals surface area contributed by atoms with Crippen LogP contribution in [0.15, 0.2) is 55.5 Å². The molecule has 2 N–H and O–H groups in total. The van der Waals surface area contributed by atoms with Crippen LogP contribution >= 0.6 is 11.3 Å². The summed E-state index contributed by atoms with van der Waals surface area (Å²) < 4.78 is 0. The number of carbonyl (C=O) groups excluding carboxylic acids is 2. The summed E-state index contributed by atoms with van der Waals surface area (Å²) in [4.78, 5) is 36.5. The fraction of sp³-hybridized carbons (Fsp3) is 0.0526. The second kappa shape index (κ2) is 8.66.